The quantitative estimate of drug-likeness (QED) is 0.829. The minimum absolute atomic E-state index is 0.0750. The maximum Gasteiger partial charge on any atom is 0.297 e. The Morgan fingerprint density at radius 2 is 2.50 bits per heavy atom. The number of aryl methyl sites for hydroxylation is 1. The highest BCUT2D eigenvalue weighted by Crippen LogP contribution is 2.20. The molecule has 0 spiro atoms. The third kappa shape index (κ3) is 2.36. The number of nitrogens with two attached hydrogens (primary N) is 1. The van der Waals surface area contributed by atoms with E-state index < -0.39 is 0 Å². The Hall–Kier alpha value is -1.07. The number of anilines is 1. The number of nitrogens with zero attached hydrogens (tertiary/aromatic N) is 2. The van der Waals surface area contributed by atoms with Crippen molar-refractivity contribution >= 4 is 6.01 Å². The molecule has 16 heavy (non-hydrogen) atoms. The molecule has 5 nitrogen and oxygen atoms in total. The topological polar surface area (TPSA) is 64.5 Å². The van der Waals surface area contributed by atoms with Crippen LogP contribution in [-0.2, 0) is 4.74 Å². The molecule has 1 fully saturated rings. The van der Waals surface area contributed by atoms with Crippen molar-refractivity contribution in [3.63, 3.8) is 0 Å². The smallest absolute Gasteiger partial charge is 0.297 e. The molecule has 0 aliphatic carbocycles. The number of oxazole rings is 1. The van der Waals surface area contributed by atoms with Crippen LogP contribution in [0.25, 0.3) is 0 Å². The molecule has 1 aromatic rings. The second kappa shape index (κ2) is 4.84. The van der Waals surface area contributed by atoms with Crippen LogP contribution in [0.4, 0.5) is 6.01 Å². The minimum Gasteiger partial charge on any atom is -0.429 e. The molecule has 1 aliphatic rings. The molecule has 1 saturated heterocycles. The van der Waals surface area contributed by atoms with Crippen molar-refractivity contribution in [3.8, 4) is 0 Å². The Morgan fingerprint density at radius 1 is 1.69 bits per heavy atom. The first kappa shape index (κ1) is 11.4. The van der Waals surface area contributed by atoms with E-state index in [4.69, 9.17) is 14.9 Å². The van der Waals surface area contributed by atoms with Crippen LogP contribution >= 0.6 is 0 Å². The van der Waals surface area contributed by atoms with Crippen LogP contribution < -0.4 is 10.6 Å². The van der Waals surface area contributed by atoms with Gasteiger partial charge in [-0.2, -0.15) is 0 Å². The molecule has 90 valence electrons. The zero-order valence-corrected chi connectivity index (χ0v) is 9.85. The van der Waals surface area contributed by atoms with Crippen LogP contribution in [0.2, 0.25) is 0 Å². The first-order chi connectivity index (χ1) is 7.70. The summed E-state index contributed by atoms with van der Waals surface area (Å²) in [6.45, 7) is 6.21. The molecule has 0 bridgehead atoms. The van der Waals surface area contributed by atoms with E-state index in [0.717, 1.165) is 25.3 Å². The summed E-state index contributed by atoms with van der Waals surface area (Å²) in [5.41, 5.74) is 6.01. The van der Waals surface area contributed by atoms with E-state index in [-0.39, 0.29) is 12.1 Å². The van der Waals surface area contributed by atoms with Gasteiger partial charge in [0.25, 0.3) is 6.01 Å². The molecule has 2 unspecified atom stereocenters. The van der Waals surface area contributed by atoms with Crippen molar-refractivity contribution in [2.24, 2.45) is 5.73 Å². The Kier molecular flexibility index (Phi) is 3.46. The van der Waals surface area contributed by atoms with Crippen molar-refractivity contribution in [1.82, 2.24) is 4.98 Å². The fraction of sp³-hybridized carbons (Fsp3) is 0.727. The van der Waals surface area contributed by atoms with E-state index in [0.29, 0.717) is 12.6 Å². The van der Waals surface area contributed by atoms with Gasteiger partial charge in [0.05, 0.1) is 18.8 Å². The van der Waals surface area contributed by atoms with E-state index >= 15 is 0 Å². The third-order valence-electron chi connectivity index (χ3n) is 2.87. The summed E-state index contributed by atoms with van der Waals surface area (Å²) >= 11 is 0. The number of piperidine rings is 1. The maximum atomic E-state index is 6.01. The summed E-state index contributed by atoms with van der Waals surface area (Å²) in [6, 6.07) is 0.793. The summed E-state index contributed by atoms with van der Waals surface area (Å²) in [5.74, 6) is 0.831. The lowest BCUT2D eigenvalue weighted by Gasteiger charge is -2.35. The highest BCUT2D eigenvalue weighted by Gasteiger charge is 2.28. The van der Waals surface area contributed by atoms with E-state index in [1.807, 2.05) is 13.8 Å². The van der Waals surface area contributed by atoms with Crippen molar-refractivity contribution in [3.05, 3.63) is 12.0 Å². The average Bonchev–Trinajstić information content (AvgIpc) is 2.69. The average molecular weight is 225 g/mol. The summed E-state index contributed by atoms with van der Waals surface area (Å²) in [5, 5.41) is 0. The number of aromatic nitrogens is 1. The van der Waals surface area contributed by atoms with Gasteiger partial charge in [-0.05, 0) is 20.3 Å². The Balaban J connectivity index is 2.02. The molecule has 1 aliphatic heterocycles. The van der Waals surface area contributed by atoms with Crippen molar-refractivity contribution in [2.75, 3.05) is 24.6 Å². The molecule has 0 radical (unpaired) electrons. The fourth-order valence-corrected chi connectivity index (χ4v) is 1.99. The molecular formula is C11H19N3O2. The molecular weight excluding hydrogens is 206 g/mol. The third-order valence-corrected chi connectivity index (χ3v) is 2.87. The van der Waals surface area contributed by atoms with Gasteiger partial charge in [0.1, 0.15) is 5.76 Å². The van der Waals surface area contributed by atoms with Crippen molar-refractivity contribution < 1.29 is 9.15 Å². The number of hydrogen-bond donors (Lipinski definition) is 1. The molecule has 2 heterocycles. The number of hydrogen-bond acceptors (Lipinski definition) is 5. The SMILES string of the molecule is CCOC1CN(c2ncc(C)o2)CCC1N. The van der Waals surface area contributed by atoms with Crippen LogP contribution in [0.15, 0.2) is 10.6 Å². The zero-order valence-electron chi connectivity index (χ0n) is 9.85. The number of rotatable bonds is 3. The van der Waals surface area contributed by atoms with Gasteiger partial charge in [-0.1, -0.05) is 0 Å². The van der Waals surface area contributed by atoms with Crippen molar-refractivity contribution in [1.29, 1.82) is 0 Å². The summed E-state index contributed by atoms with van der Waals surface area (Å²) in [7, 11) is 0. The van der Waals surface area contributed by atoms with Gasteiger partial charge in [-0.3, -0.25) is 0 Å². The second-order valence-corrected chi connectivity index (χ2v) is 4.15. The van der Waals surface area contributed by atoms with Gasteiger partial charge < -0.3 is 19.8 Å². The van der Waals surface area contributed by atoms with E-state index in [1.165, 1.54) is 0 Å². The normalized spacial score (nSPS) is 26.1. The molecule has 5 heteroatoms. The fourth-order valence-electron chi connectivity index (χ4n) is 1.99. The first-order valence-electron chi connectivity index (χ1n) is 5.75. The molecule has 0 aromatic carbocycles. The lowest BCUT2D eigenvalue weighted by molar-refractivity contribution is 0.0379. The molecule has 2 atom stereocenters. The lowest BCUT2D eigenvalue weighted by Crippen LogP contribution is -2.52. The van der Waals surface area contributed by atoms with Crippen LogP contribution in [0, 0.1) is 6.92 Å². The Bertz CT molecular complexity index is 340. The van der Waals surface area contributed by atoms with Crippen LogP contribution in [0.5, 0.6) is 0 Å². The summed E-state index contributed by atoms with van der Waals surface area (Å²) in [4.78, 5) is 6.32. The zero-order chi connectivity index (χ0) is 11.5. The van der Waals surface area contributed by atoms with Crippen molar-refractivity contribution in [2.45, 2.75) is 32.4 Å². The first-order valence-corrected chi connectivity index (χ1v) is 5.75. The summed E-state index contributed by atoms with van der Waals surface area (Å²) in [6.07, 6.45) is 2.72. The van der Waals surface area contributed by atoms with Crippen LogP contribution in [-0.4, -0.2) is 36.8 Å². The van der Waals surface area contributed by atoms with Gasteiger partial charge in [-0.15, -0.1) is 0 Å². The Morgan fingerprint density at radius 3 is 3.12 bits per heavy atom. The van der Waals surface area contributed by atoms with Gasteiger partial charge in [0, 0.05) is 19.2 Å². The largest absolute Gasteiger partial charge is 0.429 e. The lowest BCUT2D eigenvalue weighted by atomic mass is 10.0. The minimum atomic E-state index is 0.0750. The van der Waals surface area contributed by atoms with Gasteiger partial charge in [0.2, 0.25) is 0 Å². The van der Waals surface area contributed by atoms with E-state index in [2.05, 4.69) is 9.88 Å². The predicted octanol–water partition coefficient (Wildman–Crippen LogP) is 0.926. The molecule has 2 rings (SSSR count). The van der Waals surface area contributed by atoms with Gasteiger partial charge in [0.15, 0.2) is 0 Å². The standard InChI is InChI=1S/C11H19N3O2/c1-3-15-10-7-14(5-4-9(10)12)11-13-6-8(2)16-11/h6,9-10H,3-5,7,12H2,1-2H3. The maximum absolute atomic E-state index is 6.01. The second-order valence-electron chi connectivity index (χ2n) is 4.15. The van der Waals surface area contributed by atoms with E-state index in [1.54, 1.807) is 6.20 Å². The van der Waals surface area contributed by atoms with Gasteiger partial charge in [-0.25, -0.2) is 4.98 Å². The Labute approximate surface area is 95.6 Å². The highest BCUT2D eigenvalue weighted by atomic mass is 16.5. The van der Waals surface area contributed by atoms with Gasteiger partial charge >= 0.3 is 0 Å². The molecule has 2 N–H and O–H groups in total. The van der Waals surface area contributed by atoms with E-state index in [9.17, 15) is 0 Å². The molecule has 1 aromatic heterocycles. The predicted molar refractivity (Wildman–Crippen MR) is 61.5 cm³/mol. The van der Waals surface area contributed by atoms with Crippen LogP contribution in [0.1, 0.15) is 19.1 Å². The number of ether oxygens (including phenoxy) is 1. The highest BCUT2D eigenvalue weighted by molar-refractivity contribution is 5.28. The monoisotopic (exact) mass is 225 g/mol. The molecule has 0 saturated carbocycles. The van der Waals surface area contributed by atoms with Crippen LogP contribution in [0.3, 0.4) is 0 Å². The molecule has 0 amide bonds. The summed E-state index contributed by atoms with van der Waals surface area (Å²) < 4.78 is 11.1.